The molecule has 6 heteroatoms. The molecule has 0 radical (unpaired) electrons. The Morgan fingerprint density at radius 3 is 2.10 bits per heavy atom. The van der Waals surface area contributed by atoms with Crippen molar-refractivity contribution in [2.24, 2.45) is 4.99 Å². The summed E-state index contributed by atoms with van der Waals surface area (Å²) in [6.07, 6.45) is -0.546. The van der Waals surface area contributed by atoms with Gasteiger partial charge >= 0.3 is 0 Å². The van der Waals surface area contributed by atoms with E-state index in [9.17, 15) is 0 Å². The molecule has 2 unspecified atom stereocenters. The number of amidine groups is 1. The molecule has 0 amide bonds. The van der Waals surface area contributed by atoms with Crippen LogP contribution in [0.4, 0.5) is 0 Å². The van der Waals surface area contributed by atoms with Crippen LogP contribution in [0.1, 0.15) is 29.0 Å². The monoisotopic (exact) mass is 691 g/mol. The van der Waals surface area contributed by atoms with Crippen LogP contribution >= 0.6 is 22.7 Å². The Hall–Kier alpha value is -5.79. The zero-order valence-corrected chi connectivity index (χ0v) is 28.9. The van der Waals surface area contributed by atoms with Crippen LogP contribution in [0.5, 0.6) is 0 Å². The SMILES string of the molecule is c1ccc(C2=NC(c3cc(-c4cccc5sc6ccccc6c45)cc4oc5ccccc5c34)NC(c3ccc4sc5ccccc5c4c3)N2)cc1. The van der Waals surface area contributed by atoms with Gasteiger partial charge in [0, 0.05) is 62.2 Å². The molecule has 3 aromatic heterocycles. The Bertz CT molecular complexity index is 3010. The van der Waals surface area contributed by atoms with Crippen LogP contribution in [0.25, 0.3) is 73.4 Å². The van der Waals surface area contributed by atoms with E-state index < -0.39 is 0 Å². The number of para-hydroxylation sites is 1. The molecule has 0 aliphatic carbocycles. The van der Waals surface area contributed by atoms with Crippen LogP contribution in [-0.2, 0) is 0 Å². The number of furan rings is 1. The van der Waals surface area contributed by atoms with Crippen molar-refractivity contribution in [2.45, 2.75) is 12.3 Å². The highest BCUT2D eigenvalue weighted by Gasteiger charge is 2.29. The number of nitrogens with one attached hydrogen (secondary N) is 2. The van der Waals surface area contributed by atoms with Crippen LogP contribution in [0.3, 0.4) is 0 Å². The van der Waals surface area contributed by atoms with E-state index in [4.69, 9.17) is 9.41 Å². The van der Waals surface area contributed by atoms with Crippen LogP contribution in [-0.4, -0.2) is 5.84 Å². The molecular formula is C45H29N3OS2. The van der Waals surface area contributed by atoms with E-state index in [2.05, 4.69) is 156 Å². The molecule has 4 nitrogen and oxygen atoms in total. The molecule has 11 rings (SSSR count). The molecule has 242 valence electrons. The lowest BCUT2D eigenvalue weighted by atomic mass is 9.94. The molecule has 10 aromatic rings. The first-order valence-corrected chi connectivity index (χ1v) is 18.8. The number of hydrogen-bond acceptors (Lipinski definition) is 6. The van der Waals surface area contributed by atoms with Crippen molar-refractivity contribution < 1.29 is 4.42 Å². The van der Waals surface area contributed by atoms with E-state index in [0.29, 0.717) is 0 Å². The molecule has 51 heavy (non-hydrogen) atoms. The third-order valence-corrected chi connectivity index (χ3v) is 12.5. The minimum atomic E-state index is -0.358. The molecular weight excluding hydrogens is 663 g/mol. The minimum absolute atomic E-state index is 0.188. The quantitative estimate of drug-likeness (QED) is 0.193. The van der Waals surface area contributed by atoms with E-state index in [0.717, 1.165) is 44.5 Å². The summed E-state index contributed by atoms with van der Waals surface area (Å²) in [5, 5.41) is 15.0. The fraction of sp³-hybridized carbons (Fsp3) is 0.0444. The highest BCUT2D eigenvalue weighted by molar-refractivity contribution is 7.26. The zero-order valence-electron chi connectivity index (χ0n) is 27.3. The maximum Gasteiger partial charge on any atom is 0.136 e. The summed E-state index contributed by atoms with van der Waals surface area (Å²) >= 11 is 3.69. The molecule has 2 atom stereocenters. The number of hydrogen-bond donors (Lipinski definition) is 2. The number of thiophene rings is 2. The van der Waals surface area contributed by atoms with Crippen molar-refractivity contribution >= 4 is 90.8 Å². The van der Waals surface area contributed by atoms with Gasteiger partial charge in [0.2, 0.25) is 0 Å². The van der Waals surface area contributed by atoms with Gasteiger partial charge in [0.15, 0.2) is 0 Å². The number of fused-ring (bicyclic) bond motifs is 9. The van der Waals surface area contributed by atoms with Gasteiger partial charge in [0.25, 0.3) is 0 Å². The van der Waals surface area contributed by atoms with Gasteiger partial charge in [-0.1, -0.05) is 103 Å². The average Bonchev–Trinajstić information content (AvgIpc) is 3.88. The van der Waals surface area contributed by atoms with Gasteiger partial charge < -0.3 is 9.73 Å². The predicted octanol–water partition coefficient (Wildman–Crippen LogP) is 12.3. The van der Waals surface area contributed by atoms with Crippen LogP contribution in [0.2, 0.25) is 0 Å². The van der Waals surface area contributed by atoms with E-state index in [1.165, 1.54) is 51.5 Å². The third kappa shape index (κ3) is 4.65. The van der Waals surface area contributed by atoms with Gasteiger partial charge in [0.05, 0.1) is 0 Å². The van der Waals surface area contributed by atoms with Crippen molar-refractivity contribution in [1.29, 1.82) is 0 Å². The van der Waals surface area contributed by atoms with Gasteiger partial charge in [-0.25, -0.2) is 4.99 Å². The first-order valence-electron chi connectivity index (χ1n) is 17.2. The van der Waals surface area contributed by atoms with Crippen molar-refractivity contribution in [3.05, 3.63) is 168 Å². The van der Waals surface area contributed by atoms with E-state index >= 15 is 0 Å². The van der Waals surface area contributed by atoms with Gasteiger partial charge in [-0.05, 0) is 65.2 Å². The lowest BCUT2D eigenvalue weighted by molar-refractivity contribution is 0.411. The highest BCUT2D eigenvalue weighted by Crippen LogP contribution is 2.44. The van der Waals surface area contributed by atoms with E-state index in [1.807, 2.05) is 28.7 Å². The van der Waals surface area contributed by atoms with Crippen molar-refractivity contribution in [1.82, 2.24) is 10.6 Å². The molecule has 1 aliphatic rings. The highest BCUT2D eigenvalue weighted by atomic mass is 32.1. The van der Waals surface area contributed by atoms with Crippen molar-refractivity contribution in [3.8, 4) is 11.1 Å². The van der Waals surface area contributed by atoms with Gasteiger partial charge in [-0.3, -0.25) is 5.32 Å². The summed E-state index contributed by atoms with van der Waals surface area (Å²) in [6.45, 7) is 0. The lowest BCUT2D eigenvalue weighted by Gasteiger charge is -2.32. The Labute approximate surface area is 301 Å². The average molecular weight is 692 g/mol. The molecule has 1 aliphatic heterocycles. The maximum atomic E-state index is 6.64. The maximum absolute atomic E-state index is 6.64. The molecule has 0 spiro atoms. The van der Waals surface area contributed by atoms with Gasteiger partial charge in [-0.2, -0.15) is 0 Å². The number of nitrogens with zero attached hydrogens (tertiary/aromatic N) is 1. The number of rotatable bonds is 4. The predicted molar refractivity (Wildman–Crippen MR) is 216 cm³/mol. The Morgan fingerprint density at radius 1 is 0.510 bits per heavy atom. The molecule has 4 heterocycles. The summed E-state index contributed by atoms with van der Waals surface area (Å²) < 4.78 is 11.8. The van der Waals surface area contributed by atoms with Crippen LogP contribution < -0.4 is 10.6 Å². The van der Waals surface area contributed by atoms with Gasteiger partial charge in [-0.15, -0.1) is 22.7 Å². The second kappa shape index (κ2) is 11.4. The molecule has 0 bridgehead atoms. The molecule has 0 fully saturated rings. The molecule has 0 saturated carbocycles. The second-order valence-electron chi connectivity index (χ2n) is 13.2. The topological polar surface area (TPSA) is 49.6 Å². The van der Waals surface area contributed by atoms with E-state index in [1.54, 1.807) is 0 Å². The normalized spacial score (nSPS) is 16.4. The zero-order chi connectivity index (χ0) is 33.5. The number of aliphatic imine (C=N–C) groups is 1. The lowest BCUT2D eigenvalue weighted by Crippen LogP contribution is -2.45. The smallest absolute Gasteiger partial charge is 0.136 e. The summed E-state index contributed by atoms with van der Waals surface area (Å²) in [7, 11) is 0. The summed E-state index contributed by atoms with van der Waals surface area (Å²) in [5.41, 5.74) is 7.35. The molecule has 7 aromatic carbocycles. The van der Waals surface area contributed by atoms with Crippen molar-refractivity contribution in [3.63, 3.8) is 0 Å². The third-order valence-electron chi connectivity index (χ3n) is 10.2. The Kier molecular flexibility index (Phi) is 6.46. The summed E-state index contributed by atoms with van der Waals surface area (Å²) in [4.78, 5) is 5.43. The Balaban J connectivity index is 1.14. The van der Waals surface area contributed by atoms with Crippen LogP contribution in [0, 0.1) is 0 Å². The fourth-order valence-electron chi connectivity index (χ4n) is 7.83. The molecule has 2 N–H and O–H groups in total. The standard InChI is InChI=1S/C45H29N3OS2/c1-2-11-26(12-3-1)43-46-44(27-21-22-39-33(23-27)30-13-5-8-18-37(30)50-39)48-45(47-43)34-24-28(25-36-41(34)31-14-4-7-17-35(31)49-36)29-16-10-20-40-42(29)32-15-6-9-19-38(32)51-40/h1-25,44-45,48H,(H,46,47). The fourth-order valence-corrected chi connectivity index (χ4v) is 10.0. The van der Waals surface area contributed by atoms with Crippen molar-refractivity contribution in [2.75, 3.05) is 0 Å². The summed E-state index contributed by atoms with van der Waals surface area (Å²) in [6, 6.07) is 54.2. The second-order valence-corrected chi connectivity index (χ2v) is 15.3. The number of benzene rings is 7. The first-order chi connectivity index (χ1) is 25.2. The largest absolute Gasteiger partial charge is 0.456 e. The van der Waals surface area contributed by atoms with Crippen LogP contribution in [0.15, 0.2) is 161 Å². The Morgan fingerprint density at radius 2 is 1.22 bits per heavy atom. The first kappa shape index (κ1) is 29.0. The van der Waals surface area contributed by atoms with Gasteiger partial charge in [0.1, 0.15) is 29.3 Å². The minimum Gasteiger partial charge on any atom is -0.456 e. The summed E-state index contributed by atoms with van der Waals surface area (Å²) in [5.74, 6) is 0.858. The van der Waals surface area contributed by atoms with E-state index in [-0.39, 0.29) is 12.3 Å². The molecule has 0 saturated heterocycles.